The van der Waals surface area contributed by atoms with Crippen molar-refractivity contribution in [3.05, 3.63) is 11.6 Å². The molecule has 0 saturated carbocycles. The Labute approximate surface area is 66.6 Å². The number of aliphatic carboxylic acids is 1. The summed E-state index contributed by atoms with van der Waals surface area (Å²) >= 11 is 0.937. The minimum atomic E-state index is -1.53. The second kappa shape index (κ2) is 2.55. The maximum atomic E-state index is 10.8. The van der Waals surface area contributed by atoms with Gasteiger partial charge < -0.3 is 10.4 Å². The van der Waals surface area contributed by atoms with Gasteiger partial charge in [0.05, 0.1) is 0 Å². The molecule has 0 aromatic heterocycles. The highest BCUT2D eigenvalue weighted by atomic mass is 32.2. The molecule has 1 heterocycles. The van der Waals surface area contributed by atoms with Crippen LogP contribution in [-0.4, -0.2) is 21.9 Å². The Kier molecular flexibility index (Phi) is 1.88. The van der Waals surface area contributed by atoms with Gasteiger partial charge in [0.15, 0.2) is 0 Å². The maximum Gasteiger partial charge on any atom is 0.377 e. The fraction of sp³-hybridized carbons (Fsp3) is 0.200. The molecule has 0 aliphatic carbocycles. The molecule has 1 unspecified atom stereocenters. The Morgan fingerprint density at radius 1 is 1.64 bits per heavy atom. The SMILES string of the molecule is NC1(C(=O)C(=O)O)NC=CS1. The summed E-state index contributed by atoms with van der Waals surface area (Å²) in [5, 5.41) is 12.3. The maximum absolute atomic E-state index is 10.8. The number of rotatable bonds is 2. The number of thioether (sulfide) groups is 1. The van der Waals surface area contributed by atoms with Gasteiger partial charge >= 0.3 is 5.97 Å². The molecule has 0 spiro atoms. The molecule has 0 aromatic carbocycles. The average Bonchev–Trinajstić information content (AvgIpc) is 2.35. The van der Waals surface area contributed by atoms with Crippen LogP contribution >= 0.6 is 11.8 Å². The van der Waals surface area contributed by atoms with Crippen molar-refractivity contribution in [1.29, 1.82) is 0 Å². The zero-order valence-corrected chi connectivity index (χ0v) is 6.22. The van der Waals surface area contributed by atoms with Crippen molar-refractivity contribution in [2.75, 3.05) is 0 Å². The number of nitrogens with one attached hydrogen (secondary N) is 1. The minimum Gasteiger partial charge on any atom is -0.475 e. The van der Waals surface area contributed by atoms with Crippen molar-refractivity contribution in [3.8, 4) is 0 Å². The molecule has 5 nitrogen and oxygen atoms in total. The summed E-state index contributed by atoms with van der Waals surface area (Å²) in [7, 11) is 0. The third-order valence-corrected chi connectivity index (χ3v) is 2.10. The minimum absolute atomic E-state index is 0.937. The van der Waals surface area contributed by atoms with Gasteiger partial charge in [0, 0.05) is 6.20 Å². The first-order valence-electron chi connectivity index (χ1n) is 2.73. The van der Waals surface area contributed by atoms with Crippen molar-refractivity contribution >= 4 is 23.5 Å². The Balaban J connectivity index is 2.74. The summed E-state index contributed by atoms with van der Waals surface area (Å²) in [6, 6.07) is 0. The first kappa shape index (κ1) is 8.09. The van der Waals surface area contributed by atoms with Crippen LogP contribution < -0.4 is 11.1 Å². The summed E-state index contributed by atoms with van der Waals surface area (Å²) in [6.45, 7) is 0. The Hall–Kier alpha value is -1.01. The van der Waals surface area contributed by atoms with Crippen LogP contribution in [0.2, 0.25) is 0 Å². The summed E-state index contributed by atoms with van der Waals surface area (Å²) in [6.07, 6.45) is 1.44. The predicted molar refractivity (Wildman–Crippen MR) is 39.4 cm³/mol. The van der Waals surface area contributed by atoms with E-state index in [1.807, 2.05) is 0 Å². The number of carbonyl (C=O) groups excluding carboxylic acids is 1. The largest absolute Gasteiger partial charge is 0.475 e. The highest BCUT2D eigenvalue weighted by molar-refractivity contribution is 8.04. The lowest BCUT2D eigenvalue weighted by molar-refractivity contribution is -0.150. The number of carboxylic acids is 1. The first-order chi connectivity index (χ1) is 5.06. The predicted octanol–water partition coefficient (Wildman–Crippen LogP) is -0.940. The van der Waals surface area contributed by atoms with Gasteiger partial charge in [0.25, 0.3) is 5.78 Å². The van der Waals surface area contributed by atoms with Gasteiger partial charge in [-0.2, -0.15) is 0 Å². The quantitative estimate of drug-likeness (QED) is 0.468. The van der Waals surface area contributed by atoms with E-state index in [1.54, 1.807) is 0 Å². The molecule has 0 amide bonds. The van der Waals surface area contributed by atoms with Crippen LogP contribution in [0.15, 0.2) is 11.6 Å². The van der Waals surface area contributed by atoms with E-state index < -0.39 is 16.7 Å². The average molecular weight is 174 g/mol. The Morgan fingerprint density at radius 2 is 2.27 bits per heavy atom. The molecular formula is C5H6N2O3S. The molecule has 1 aliphatic heterocycles. The van der Waals surface area contributed by atoms with E-state index in [1.165, 1.54) is 11.6 Å². The topological polar surface area (TPSA) is 92.4 Å². The standard InChI is InChI=1S/C5H6N2O3S/c6-5(3(8)4(9)10)7-1-2-11-5/h1-2,7H,6H2,(H,9,10). The monoisotopic (exact) mass is 174 g/mol. The number of carboxylic acid groups (broad SMARTS) is 1. The molecule has 60 valence electrons. The molecule has 6 heteroatoms. The summed E-state index contributed by atoms with van der Waals surface area (Å²) in [5.74, 6) is -2.58. The smallest absolute Gasteiger partial charge is 0.377 e. The van der Waals surface area contributed by atoms with E-state index >= 15 is 0 Å². The summed E-state index contributed by atoms with van der Waals surface area (Å²) in [4.78, 5) is 19.5. The molecule has 1 aliphatic rings. The zero-order valence-electron chi connectivity index (χ0n) is 5.40. The zero-order chi connectivity index (χ0) is 8.48. The summed E-state index contributed by atoms with van der Waals surface area (Å²) in [5.41, 5.74) is 5.36. The molecule has 0 radical (unpaired) electrons. The first-order valence-corrected chi connectivity index (χ1v) is 3.61. The van der Waals surface area contributed by atoms with E-state index in [0.29, 0.717) is 0 Å². The number of carbonyl (C=O) groups is 2. The lowest BCUT2D eigenvalue weighted by Crippen LogP contribution is -2.55. The third-order valence-electron chi connectivity index (χ3n) is 1.15. The number of ketones is 1. The second-order valence-electron chi connectivity index (χ2n) is 1.93. The van der Waals surface area contributed by atoms with Crippen LogP contribution in [0.5, 0.6) is 0 Å². The molecule has 0 saturated heterocycles. The molecule has 4 N–H and O–H groups in total. The van der Waals surface area contributed by atoms with Crippen molar-refractivity contribution in [2.45, 2.75) is 4.99 Å². The van der Waals surface area contributed by atoms with Crippen LogP contribution in [-0.2, 0) is 9.59 Å². The van der Waals surface area contributed by atoms with Gasteiger partial charge in [-0.05, 0) is 5.41 Å². The number of hydrogen-bond acceptors (Lipinski definition) is 5. The van der Waals surface area contributed by atoms with Gasteiger partial charge in [0.1, 0.15) is 0 Å². The number of Topliss-reactive ketones (excluding diaryl/α,β-unsaturated/α-hetero) is 1. The molecule has 0 bridgehead atoms. The fourth-order valence-electron chi connectivity index (χ4n) is 0.611. The van der Waals surface area contributed by atoms with Crippen molar-refractivity contribution in [1.82, 2.24) is 5.32 Å². The molecule has 0 aromatic rings. The van der Waals surface area contributed by atoms with E-state index in [9.17, 15) is 9.59 Å². The lowest BCUT2D eigenvalue weighted by Gasteiger charge is -2.18. The second-order valence-corrected chi connectivity index (χ2v) is 3.09. The van der Waals surface area contributed by atoms with Gasteiger partial charge in [0.2, 0.25) is 4.99 Å². The van der Waals surface area contributed by atoms with Crippen LogP contribution in [0.25, 0.3) is 0 Å². The van der Waals surface area contributed by atoms with Gasteiger partial charge in [-0.15, -0.1) is 0 Å². The fourth-order valence-corrected chi connectivity index (χ4v) is 1.29. The van der Waals surface area contributed by atoms with E-state index in [4.69, 9.17) is 10.8 Å². The van der Waals surface area contributed by atoms with Crippen LogP contribution in [0, 0.1) is 0 Å². The van der Waals surface area contributed by atoms with E-state index in [0.717, 1.165) is 11.8 Å². The molecular weight excluding hydrogens is 168 g/mol. The normalized spacial score (nSPS) is 28.1. The van der Waals surface area contributed by atoms with Crippen LogP contribution in [0.1, 0.15) is 0 Å². The molecule has 1 atom stereocenters. The molecule has 0 fully saturated rings. The van der Waals surface area contributed by atoms with Crippen LogP contribution in [0.3, 0.4) is 0 Å². The van der Waals surface area contributed by atoms with Crippen molar-refractivity contribution < 1.29 is 14.7 Å². The molecule has 11 heavy (non-hydrogen) atoms. The highest BCUT2D eigenvalue weighted by Gasteiger charge is 2.39. The van der Waals surface area contributed by atoms with E-state index in [2.05, 4.69) is 5.32 Å². The van der Waals surface area contributed by atoms with Gasteiger partial charge in [-0.25, -0.2) is 4.79 Å². The van der Waals surface area contributed by atoms with Gasteiger partial charge in [-0.3, -0.25) is 10.5 Å². The molecule has 1 rings (SSSR count). The van der Waals surface area contributed by atoms with Crippen molar-refractivity contribution in [3.63, 3.8) is 0 Å². The Morgan fingerprint density at radius 3 is 2.64 bits per heavy atom. The van der Waals surface area contributed by atoms with Crippen LogP contribution in [0.4, 0.5) is 0 Å². The van der Waals surface area contributed by atoms with Gasteiger partial charge in [-0.1, -0.05) is 11.8 Å². The number of hydrogen-bond donors (Lipinski definition) is 3. The van der Waals surface area contributed by atoms with Crippen molar-refractivity contribution in [2.24, 2.45) is 5.73 Å². The summed E-state index contributed by atoms with van der Waals surface area (Å²) < 4.78 is 0. The number of nitrogens with two attached hydrogens (primary N) is 1. The highest BCUT2D eigenvalue weighted by Crippen LogP contribution is 2.23. The third kappa shape index (κ3) is 1.36. The van der Waals surface area contributed by atoms with E-state index in [-0.39, 0.29) is 0 Å². The lowest BCUT2D eigenvalue weighted by atomic mass is 10.3. The Bertz CT molecular complexity index is 230.